The Labute approximate surface area is 138 Å². The molecule has 2 heterocycles. The topological polar surface area (TPSA) is 109 Å². The summed E-state index contributed by atoms with van der Waals surface area (Å²) in [5, 5.41) is 19.8. The van der Waals surface area contributed by atoms with E-state index < -0.39 is 5.91 Å². The summed E-state index contributed by atoms with van der Waals surface area (Å²) in [6.07, 6.45) is 2.29. The van der Waals surface area contributed by atoms with E-state index in [-0.39, 0.29) is 23.3 Å². The minimum Gasteiger partial charge on any atom is -0.365 e. The molecule has 1 saturated heterocycles. The van der Waals surface area contributed by atoms with Gasteiger partial charge in [0, 0.05) is 18.4 Å². The maximum absolute atomic E-state index is 13.0. The number of hydrogen-bond donors (Lipinski definition) is 3. The van der Waals surface area contributed by atoms with Crippen molar-refractivity contribution >= 4 is 17.4 Å². The minimum absolute atomic E-state index is 0.127. The highest BCUT2D eigenvalue weighted by molar-refractivity contribution is 5.98. The number of halogens is 1. The minimum atomic E-state index is -0.617. The van der Waals surface area contributed by atoms with Gasteiger partial charge in [-0.2, -0.15) is 10.4 Å². The van der Waals surface area contributed by atoms with E-state index in [2.05, 4.69) is 21.8 Å². The molecular weight excluding hydrogens is 311 g/mol. The van der Waals surface area contributed by atoms with E-state index in [1.54, 1.807) is 23.0 Å². The van der Waals surface area contributed by atoms with Crippen LogP contribution in [0, 0.1) is 23.1 Å². The van der Waals surface area contributed by atoms with Crippen molar-refractivity contribution < 1.29 is 9.18 Å². The van der Waals surface area contributed by atoms with E-state index in [1.807, 2.05) is 0 Å². The van der Waals surface area contributed by atoms with Crippen molar-refractivity contribution in [1.29, 1.82) is 5.26 Å². The van der Waals surface area contributed by atoms with Gasteiger partial charge in [-0.25, -0.2) is 4.39 Å². The molecule has 0 radical (unpaired) electrons. The molecule has 2 aromatic rings. The lowest BCUT2D eigenvalue weighted by Gasteiger charge is -2.27. The third-order valence-corrected chi connectivity index (χ3v) is 4.06. The Morgan fingerprint density at radius 2 is 2.21 bits per heavy atom. The molecule has 3 rings (SSSR count). The van der Waals surface area contributed by atoms with Crippen molar-refractivity contribution in [3.8, 4) is 6.07 Å². The monoisotopic (exact) mass is 328 g/mol. The van der Waals surface area contributed by atoms with E-state index in [0.29, 0.717) is 18.1 Å². The number of nitrogens with two attached hydrogens (primary N) is 1. The van der Waals surface area contributed by atoms with Crippen LogP contribution in [0.3, 0.4) is 0 Å². The number of nitrogens with zero attached hydrogens (tertiary/aromatic N) is 3. The van der Waals surface area contributed by atoms with Gasteiger partial charge in [-0.05, 0) is 37.2 Å². The highest BCUT2D eigenvalue weighted by atomic mass is 19.1. The van der Waals surface area contributed by atoms with Gasteiger partial charge in [0.15, 0.2) is 5.82 Å². The molecule has 124 valence electrons. The Kier molecular flexibility index (Phi) is 4.44. The number of carbonyl (C=O) groups is 1. The lowest BCUT2D eigenvalue weighted by Crippen LogP contribution is -2.37. The molecule has 24 heavy (non-hydrogen) atoms. The quantitative estimate of drug-likeness (QED) is 0.789. The number of aromatic nitrogens is 2. The standard InChI is InChI=1S/C16H17FN6O/c17-11-1-3-12(4-2-11)21-16-13(15(19)24)9-23(22-16)14-5-6-20-8-10(14)7-18/h1-4,9-10,14,20H,5-6,8H2,(H2,19,24)(H,21,22)/t10-,14-/m0/s1. The normalized spacial score (nSPS) is 20.3. The van der Waals surface area contributed by atoms with Crippen LogP contribution >= 0.6 is 0 Å². The Bertz CT molecular complexity index is 779. The molecule has 8 heteroatoms. The number of piperidine rings is 1. The molecule has 7 nitrogen and oxygen atoms in total. The van der Waals surface area contributed by atoms with E-state index in [1.165, 1.54) is 12.1 Å². The lowest BCUT2D eigenvalue weighted by molar-refractivity contribution is 0.100. The fourth-order valence-electron chi connectivity index (χ4n) is 2.80. The van der Waals surface area contributed by atoms with Crippen molar-refractivity contribution in [3.63, 3.8) is 0 Å². The maximum Gasteiger partial charge on any atom is 0.254 e. The number of primary amides is 1. The van der Waals surface area contributed by atoms with E-state index >= 15 is 0 Å². The molecule has 4 N–H and O–H groups in total. The van der Waals surface area contributed by atoms with Gasteiger partial charge < -0.3 is 16.4 Å². The lowest BCUT2D eigenvalue weighted by atomic mass is 9.95. The predicted octanol–water partition coefficient (Wildman–Crippen LogP) is 1.54. The van der Waals surface area contributed by atoms with Gasteiger partial charge in [0.1, 0.15) is 11.4 Å². The number of rotatable bonds is 4. The van der Waals surface area contributed by atoms with Crippen LogP contribution in [0.5, 0.6) is 0 Å². The highest BCUT2D eigenvalue weighted by Gasteiger charge is 2.28. The van der Waals surface area contributed by atoms with Crippen LogP contribution in [0.25, 0.3) is 0 Å². The van der Waals surface area contributed by atoms with E-state index in [4.69, 9.17) is 5.73 Å². The molecule has 1 aliphatic heterocycles. The number of hydrogen-bond acceptors (Lipinski definition) is 5. The van der Waals surface area contributed by atoms with Gasteiger partial charge in [0.2, 0.25) is 0 Å². The molecule has 0 spiro atoms. The molecule has 0 saturated carbocycles. The highest BCUT2D eigenvalue weighted by Crippen LogP contribution is 2.27. The second-order valence-electron chi connectivity index (χ2n) is 5.66. The zero-order chi connectivity index (χ0) is 17.1. The Hall–Kier alpha value is -2.92. The molecule has 0 unspecified atom stereocenters. The number of nitriles is 1. The summed E-state index contributed by atoms with van der Waals surface area (Å²) >= 11 is 0. The van der Waals surface area contributed by atoms with Gasteiger partial charge in [-0.15, -0.1) is 0 Å². The average molecular weight is 328 g/mol. The van der Waals surface area contributed by atoms with Crippen LogP contribution in [-0.2, 0) is 0 Å². The predicted molar refractivity (Wildman–Crippen MR) is 86.1 cm³/mol. The van der Waals surface area contributed by atoms with Gasteiger partial charge in [-0.1, -0.05) is 0 Å². The average Bonchev–Trinajstić information content (AvgIpc) is 3.01. The summed E-state index contributed by atoms with van der Waals surface area (Å²) in [4.78, 5) is 11.7. The number of anilines is 2. The summed E-state index contributed by atoms with van der Waals surface area (Å²) in [7, 11) is 0. The van der Waals surface area contributed by atoms with Gasteiger partial charge in [0.25, 0.3) is 5.91 Å². The number of amides is 1. The summed E-state index contributed by atoms with van der Waals surface area (Å²) in [5.74, 6) is -0.913. The smallest absolute Gasteiger partial charge is 0.254 e. The van der Waals surface area contributed by atoms with Crippen molar-refractivity contribution in [2.45, 2.75) is 12.5 Å². The summed E-state index contributed by atoms with van der Waals surface area (Å²) < 4.78 is 14.6. The Morgan fingerprint density at radius 1 is 1.46 bits per heavy atom. The third-order valence-electron chi connectivity index (χ3n) is 4.06. The summed E-state index contributed by atoms with van der Waals surface area (Å²) in [5.41, 5.74) is 6.25. The molecule has 1 amide bonds. The Balaban J connectivity index is 1.91. The summed E-state index contributed by atoms with van der Waals surface area (Å²) in [6, 6.07) is 7.84. The zero-order valence-electron chi connectivity index (χ0n) is 12.9. The van der Waals surface area contributed by atoms with Crippen molar-refractivity contribution in [3.05, 3.63) is 41.8 Å². The van der Waals surface area contributed by atoms with Gasteiger partial charge >= 0.3 is 0 Å². The van der Waals surface area contributed by atoms with Crippen molar-refractivity contribution in [2.75, 3.05) is 18.4 Å². The van der Waals surface area contributed by atoms with Crippen molar-refractivity contribution in [2.24, 2.45) is 11.7 Å². The second-order valence-corrected chi connectivity index (χ2v) is 5.66. The van der Waals surface area contributed by atoms with Crippen LogP contribution in [0.2, 0.25) is 0 Å². The van der Waals surface area contributed by atoms with E-state index in [9.17, 15) is 14.4 Å². The molecule has 1 aliphatic rings. The number of carbonyl (C=O) groups excluding carboxylic acids is 1. The Morgan fingerprint density at radius 3 is 2.88 bits per heavy atom. The first kappa shape index (κ1) is 16.0. The summed E-state index contributed by atoms with van der Waals surface area (Å²) in [6.45, 7) is 1.35. The molecule has 0 bridgehead atoms. The SMILES string of the molecule is N#C[C@H]1CNCC[C@@H]1n1cc(C(N)=O)c(Nc2ccc(F)cc2)n1. The second kappa shape index (κ2) is 6.68. The first-order chi connectivity index (χ1) is 11.6. The maximum atomic E-state index is 13.0. The zero-order valence-corrected chi connectivity index (χ0v) is 12.9. The van der Waals surface area contributed by atoms with Crippen LogP contribution in [-0.4, -0.2) is 28.8 Å². The van der Waals surface area contributed by atoms with Crippen LogP contribution in [0.15, 0.2) is 30.5 Å². The number of nitrogens with one attached hydrogen (secondary N) is 2. The first-order valence-electron chi connectivity index (χ1n) is 7.60. The molecule has 1 fully saturated rings. The van der Waals surface area contributed by atoms with E-state index in [0.717, 1.165) is 13.0 Å². The number of benzene rings is 1. The fraction of sp³-hybridized carbons (Fsp3) is 0.312. The van der Waals surface area contributed by atoms with Crippen LogP contribution in [0.4, 0.5) is 15.9 Å². The fourth-order valence-corrected chi connectivity index (χ4v) is 2.80. The van der Waals surface area contributed by atoms with Crippen LogP contribution in [0.1, 0.15) is 22.8 Å². The molecule has 2 atom stereocenters. The van der Waals surface area contributed by atoms with Crippen LogP contribution < -0.4 is 16.4 Å². The third kappa shape index (κ3) is 3.21. The van der Waals surface area contributed by atoms with Gasteiger partial charge in [-0.3, -0.25) is 9.48 Å². The van der Waals surface area contributed by atoms with Gasteiger partial charge in [0.05, 0.1) is 18.0 Å². The molecule has 1 aromatic heterocycles. The molecule has 1 aromatic carbocycles. The molecular formula is C16H17FN6O. The first-order valence-corrected chi connectivity index (χ1v) is 7.60. The van der Waals surface area contributed by atoms with Crippen molar-refractivity contribution in [1.82, 2.24) is 15.1 Å². The molecule has 0 aliphatic carbocycles. The largest absolute Gasteiger partial charge is 0.365 e.